The number of hydrogen-bond acceptors (Lipinski definition) is 5. The number of nitrogens with two attached hydrogens (primary N) is 1. The number of carboxylic acid groups (broad SMARTS) is 1. The molecule has 6 N–H and O–H groups in total. The lowest BCUT2D eigenvalue weighted by molar-refractivity contribution is -0.136. The van der Waals surface area contributed by atoms with E-state index in [4.69, 9.17) is 10.8 Å². The molecule has 3 atom stereocenters. The van der Waals surface area contributed by atoms with Crippen LogP contribution in [0.5, 0.6) is 0 Å². The number of fused-ring (bicyclic) bond motifs is 1. The summed E-state index contributed by atoms with van der Waals surface area (Å²) in [6.07, 6.45) is 1.03. The fourth-order valence-corrected chi connectivity index (χ4v) is 4.40. The van der Waals surface area contributed by atoms with Gasteiger partial charge in [-0.2, -0.15) is 0 Å². The number of nitrogens with one attached hydrogen (secondary N) is 3. The highest BCUT2D eigenvalue weighted by Crippen LogP contribution is 2.37. The van der Waals surface area contributed by atoms with Crippen LogP contribution >= 0.6 is 0 Å². The van der Waals surface area contributed by atoms with Gasteiger partial charge in [-0.15, -0.1) is 0 Å². The van der Waals surface area contributed by atoms with E-state index in [2.05, 4.69) is 16.1 Å². The number of carbonyl (C=O) groups is 2. The van der Waals surface area contributed by atoms with E-state index in [-0.39, 0.29) is 17.9 Å². The lowest BCUT2D eigenvalue weighted by Gasteiger charge is -2.32. The summed E-state index contributed by atoms with van der Waals surface area (Å²) in [7, 11) is 0. The third kappa shape index (κ3) is 3.10. The average molecular weight is 371 g/mol. The number of amides is 2. The molecule has 1 aromatic carbocycles. The number of rotatable bonds is 2. The molecule has 0 spiro atoms. The highest BCUT2D eigenvalue weighted by molar-refractivity contribution is 5.87. The molecule has 0 saturated heterocycles. The molecule has 2 heterocycles. The van der Waals surface area contributed by atoms with Gasteiger partial charge >= 0.3 is 6.09 Å². The number of para-hydroxylation sites is 1. The first-order valence-electron chi connectivity index (χ1n) is 9.35. The Kier molecular flexibility index (Phi) is 4.43. The van der Waals surface area contributed by atoms with E-state index < -0.39 is 12.3 Å². The molecule has 8 nitrogen and oxygen atoms in total. The molecule has 2 unspecified atom stereocenters. The van der Waals surface area contributed by atoms with Crippen LogP contribution in [0.4, 0.5) is 10.5 Å². The maximum Gasteiger partial charge on any atom is 0.404 e. The number of nitrogens with zero attached hydrogens (tertiary/aromatic N) is 1. The second-order valence-corrected chi connectivity index (χ2v) is 7.47. The first-order chi connectivity index (χ1) is 13.0. The second-order valence-electron chi connectivity index (χ2n) is 7.47. The van der Waals surface area contributed by atoms with E-state index in [1.54, 1.807) is 0 Å². The van der Waals surface area contributed by atoms with Crippen molar-refractivity contribution in [1.82, 2.24) is 15.8 Å². The lowest BCUT2D eigenvalue weighted by atomic mass is 9.88. The largest absolute Gasteiger partial charge is 0.465 e. The van der Waals surface area contributed by atoms with Crippen molar-refractivity contribution in [2.75, 3.05) is 11.9 Å². The minimum Gasteiger partial charge on any atom is -0.465 e. The van der Waals surface area contributed by atoms with Gasteiger partial charge in [-0.05, 0) is 49.3 Å². The molecule has 1 aliphatic carbocycles. The summed E-state index contributed by atoms with van der Waals surface area (Å²) in [6.45, 7) is 2.78. The van der Waals surface area contributed by atoms with Crippen LogP contribution < -0.4 is 21.8 Å². The van der Waals surface area contributed by atoms with Gasteiger partial charge in [0.15, 0.2) is 0 Å². The zero-order valence-electron chi connectivity index (χ0n) is 15.3. The first kappa shape index (κ1) is 17.7. The molecule has 3 aliphatic rings. The summed E-state index contributed by atoms with van der Waals surface area (Å²) < 4.78 is 0. The predicted molar refractivity (Wildman–Crippen MR) is 101 cm³/mol. The fraction of sp³-hybridized carbons (Fsp3) is 0.474. The Morgan fingerprint density at radius 3 is 2.93 bits per heavy atom. The summed E-state index contributed by atoms with van der Waals surface area (Å²) in [4.78, 5) is 24.2. The van der Waals surface area contributed by atoms with Gasteiger partial charge in [-0.1, -0.05) is 18.2 Å². The Labute approximate surface area is 157 Å². The molecule has 0 fully saturated rings. The number of benzene rings is 1. The van der Waals surface area contributed by atoms with E-state index in [1.807, 2.05) is 25.1 Å². The van der Waals surface area contributed by atoms with Gasteiger partial charge in [0.25, 0.3) is 0 Å². The summed E-state index contributed by atoms with van der Waals surface area (Å²) in [6, 6.07) is 5.85. The third-order valence-corrected chi connectivity index (χ3v) is 5.77. The molecule has 2 aliphatic heterocycles. The van der Waals surface area contributed by atoms with Crippen molar-refractivity contribution in [3.8, 4) is 0 Å². The zero-order chi connectivity index (χ0) is 19.1. The van der Waals surface area contributed by atoms with Crippen molar-refractivity contribution >= 4 is 17.7 Å². The Bertz CT molecular complexity index is 822. The van der Waals surface area contributed by atoms with Crippen molar-refractivity contribution in [3.05, 3.63) is 40.6 Å². The molecular formula is C19H25N5O3. The number of hydrogen-bond donors (Lipinski definition) is 5. The first-order valence-corrected chi connectivity index (χ1v) is 9.35. The molecule has 8 heteroatoms. The van der Waals surface area contributed by atoms with Crippen LogP contribution in [0.15, 0.2) is 29.5 Å². The minimum absolute atomic E-state index is 0.0343. The van der Waals surface area contributed by atoms with Gasteiger partial charge in [0.1, 0.15) is 6.17 Å². The standard InChI is InChI=1S/C19H25N5O3/c1-10-3-2-4-12-13(7-8-21-16(10)12)18(25)24-17(20)14-9-11(22-19(26)27)5-6-15(14)23-24/h2-4,11,13,17,21-23H,5-9,20H2,1H3,(H,26,27)/t11?,13?,17-/m0/s1. The number of anilines is 1. The number of carbonyl (C=O) groups excluding carboxylic acids is 1. The van der Waals surface area contributed by atoms with Gasteiger partial charge < -0.3 is 21.5 Å². The maximum absolute atomic E-state index is 13.3. The Morgan fingerprint density at radius 2 is 2.15 bits per heavy atom. The van der Waals surface area contributed by atoms with E-state index >= 15 is 0 Å². The Morgan fingerprint density at radius 1 is 1.33 bits per heavy atom. The van der Waals surface area contributed by atoms with Crippen molar-refractivity contribution in [2.24, 2.45) is 5.73 Å². The van der Waals surface area contributed by atoms with Crippen LogP contribution in [-0.2, 0) is 4.79 Å². The molecule has 144 valence electrons. The molecule has 0 bridgehead atoms. The van der Waals surface area contributed by atoms with Crippen molar-refractivity contribution in [3.63, 3.8) is 0 Å². The Hall–Kier alpha value is -2.74. The molecular weight excluding hydrogens is 346 g/mol. The van der Waals surface area contributed by atoms with Crippen molar-refractivity contribution in [2.45, 2.75) is 50.7 Å². The number of allylic oxidation sites excluding steroid dienone is 1. The van der Waals surface area contributed by atoms with Crippen LogP contribution in [0, 0.1) is 6.92 Å². The van der Waals surface area contributed by atoms with Crippen LogP contribution in [0.3, 0.4) is 0 Å². The molecule has 0 radical (unpaired) electrons. The molecule has 2 amide bonds. The molecule has 0 saturated carbocycles. The monoisotopic (exact) mass is 371 g/mol. The van der Waals surface area contributed by atoms with Crippen molar-refractivity contribution in [1.29, 1.82) is 0 Å². The second kappa shape index (κ2) is 6.77. The molecule has 0 aromatic heterocycles. The normalized spacial score (nSPS) is 26.6. The van der Waals surface area contributed by atoms with Gasteiger partial charge in [0.05, 0.1) is 5.92 Å². The van der Waals surface area contributed by atoms with E-state index in [1.165, 1.54) is 5.01 Å². The summed E-state index contributed by atoms with van der Waals surface area (Å²) in [5.41, 5.74) is 14.6. The highest BCUT2D eigenvalue weighted by Gasteiger charge is 2.40. The summed E-state index contributed by atoms with van der Waals surface area (Å²) in [5.74, 6) is -0.276. The smallest absolute Gasteiger partial charge is 0.404 e. The van der Waals surface area contributed by atoms with Crippen LogP contribution in [-0.4, -0.2) is 40.9 Å². The number of hydrazine groups is 1. The van der Waals surface area contributed by atoms with Gasteiger partial charge in [-0.25, -0.2) is 9.80 Å². The molecule has 1 aromatic rings. The van der Waals surface area contributed by atoms with Crippen LogP contribution in [0.1, 0.15) is 42.7 Å². The van der Waals surface area contributed by atoms with E-state index in [9.17, 15) is 9.59 Å². The van der Waals surface area contributed by atoms with Crippen LogP contribution in [0.2, 0.25) is 0 Å². The van der Waals surface area contributed by atoms with E-state index in [0.29, 0.717) is 25.7 Å². The van der Waals surface area contributed by atoms with Gasteiger partial charge in [0.2, 0.25) is 5.91 Å². The minimum atomic E-state index is -1.03. The maximum atomic E-state index is 13.3. The zero-order valence-corrected chi connectivity index (χ0v) is 15.3. The molecule has 27 heavy (non-hydrogen) atoms. The SMILES string of the molecule is Cc1cccc2c1NCCC2C(=O)N1NC2=C(CC(NC(=O)O)CC2)[C@H]1N. The average Bonchev–Trinajstić information content (AvgIpc) is 2.97. The lowest BCUT2D eigenvalue weighted by Crippen LogP contribution is -2.51. The summed E-state index contributed by atoms with van der Waals surface area (Å²) in [5, 5.41) is 16.4. The number of aryl methyl sites for hydroxylation is 1. The third-order valence-electron chi connectivity index (χ3n) is 5.77. The fourth-order valence-electron chi connectivity index (χ4n) is 4.40. The van der Waals surface area contributed by atoms with Crippen LogP contribution in [0.25, 0.3) is 0 Å². The predicted octanol–water partition coefficient (Wildman–Crippen LogP) is 1.60. The molecule has 4 rings (SSSR count). The Balaban J connectivity index is 1.53. The van der Waals surface area contributed by atoms with E-state index in [0.717, 1.165) is 34.6 Å². The highest BCUT2D eigenvalue weighted by atomic mass is 16.4. The van der Waals surface area contributed by atoms with Gasteiger partial charge in [0, 0.05) is 24.0 Å². The summed E-state index contributed by atoms with van der Waals surface area (Å²) >= 11 is 0. The van der Waals surface area contributed by atoms with Crippen molar-refractivity contribution < 1.29 is 14.7 Å². The van der Waals surface area contributed by atoms with Gasteiger partial charge in [-0.3, -0.25) is 10.2 Å². The quantitative estimate of drug-likeness (QED) is 0.539. The topological polar surface area (TPSA) is 120 Å².